The fraction of sp³-hybridized carbons (Fsp3) is 0.700. The Labute approximate surface area is 146 Å². The van der Waals surface area contributed by atoms with E-state index in [4.69, 9.17) is 9.47 Å². The Morgan fingerprint density at radius 1 is 1.12 bits per heavy atom. The summed E-state index contributed by atoms with van der Waals surface area (Å²) in [6.45, 7) is 9.47. The van der Waals surface area contributed by atoms with Gasteiger partial charge in [0.25, 0.3) is 0 Å². The van der Waals surface area contributed by atoms with E-state index in [9.17, 15) is 0 Å². The van der Waals surface area contributed by atoms with Crippen molar-refractivity contribution in [3.63, 3.8) is 0 Å². The van der Waals surface area contributed by atoms with Crippen molar-refractivity contribution in [2.45, 2.75) is 51.8 Å². The Morgan fingerprint density at radius 2 is 1.96 bits per heavy atom. The Bertz CT molecular complexity index is 514. The van der Waals surface area contributed by atoms with Crippen molar-refractivity contribution < 1.29 is 9.47 Å². The molecule has 24 heavy (non-hydrogen) atoms. The van der Waals surface area contributed by atoms with E-state index in [0.717, 1.165) is 30.5 Å². The summed E-state index contributed by atoms with van der Waals surface area (Å²) in [5.41, 5.74) is 2.52. The Hall–Kier alpha value is -1.10. The van der Waals surface area contributed by atoms with Gasteiger partial charge in [-0.3, -0.25) is 9.80 Å². The van der Waals surface area contributed by atoms with Gasteiger partial charge in [-0.15, -0.1) is 0 Å². The van der Waals surface area contributed by atoms with Crippen LogP contribution in [0.1, 0.15) is 43.7 Å². The number of ether oxygens (including phenoxy) is 2. The highest BCUT2D eigenvalue weighted by Crippen LogP contribution is 2.24. The lowest BCUT2D eigenvalue weighted by Crippen LogP contribution is -2.40. The summed E-state index contributed by atoms with van der Waals surface area (Å²) >= 11 is 0. The molecule has 0 bridgehead atoms. The third kappa shape index (κ3) is 4.50. The van der Waals surface area contributed by atoms with Crippen LogP contribution in [-0.2, 0) is 17.9 Å². The zero-order chi connectivity index (χ0) is 16.8. The maximum Gasteiger partial charge on any atom is 0.124 e. The van der Waals surface area contributed by atoms with Crippen LogP contribution >= 0.6 is 0 Å². The van der Waals surface area contributed by atoms with E-state index < -0.39 is 0 Å². The molecule has 3 rings (SSSR count). The summed E-state index contributed by atoms with van der Waals surface area (Å²) in [4.78, 5) is 5.32. The van der Waals surface area contributed by atoms with Gasteiger partial charge in [0, 0.05) is 37.8 Å². The zero-order valence-electron chi connectivity index (χ0n) is 15.3. The van der Waals surface area contributed by atoms with E-state index in [1.807, 2.05) is 6.92 Å². The smallest absolute Gasteiger partial charge is 0.124 e. The molecule has 2 saturated heterocycles. The molecule has 4 nitrogen and oxygen atoms in total. The van der Waals surface area contributed by atoms with Crippen LogP contribution in [0.2, 0.25) is 0 Å². The first-order valence-corrected chi connectivity index (χ1v) is 9.50. The van der Waals surface area contributed by atoms with Crippen molar-refractivity contribution in [3.8, 4) is 5.75 Å². The number of hydrogen-bond acceptors (Lipinski definition) is 4. The minimum Gasteiger partial charge on any atom is -0.496 e. The molecular weight excluding hydrogens is 300 g/mol. The molecule has 2 heterocycles. The summed E-state index contributed by atoms with van der Waals surface area (Å²) in [7, 11) is 1.73. The first kappa shape index (κ1) is 17.7. The first-order chi connectivity index (χ1) is 11.8. The SMILES string of the molecule is CCOCc1cc(CN2CC[C@@H](N3CCCCC3)C2)ccc1OC. The summed E-state index contributed by atoms with van der Waals surface area (Å²) < 4.78 is 11.0. The normalized spacial score (nSPS) is 22.8. The second-order valence-corrected chi connectivity index (χ2v) is 7.06. The van der Waals surface area contributed by atoms with Crippen LogP contribution in [0, 0.1) is 0 Å². The highest BCUT2D eigenvalue weighted by Gasteiger charge is 2.28. The fourth-order valence-corrected chi connectivity index (χ4v) is 4.05. The molecule has 0 radical (unpaired) electrons. The minimum absolute atomic E-state index is 0.629. The van der Waals surface area contributed by atoms with Crippen LogP contribution in [0.4, 0.5) is 0 Å². The lowest BCUT2D eigenvalue weighted by Gasteiger charge is -2.32. The molecule has 0 aliphatic carbocycles. The van der Waals surface area contributed by atoms with Crippen LogP contribution < -0.4 is 4.74 Å². The lowest BCUT2D eigenvalue weighted by molar-refractivity contribution is 0.132. The van der Waals surface area contributed by atoms with Gasteiger partial charge in [-0.2, -0.15) is 0 Å². The van der Waals surface area contributed by atoms with Crippen LogP contribution in [0.25, 0.3) is 0 Å². The Balaban J connectivity index is 1.57. The first-order valence-electron chi connectivity index (χ1n) is 9.50. The van der Waals surface area contributed by atoms with Crippen LogP contribution in [0.15, 0.2) is 18.2 Å². The molecule has 1 aromatic carbocycles. The van der Waals surface area contributed by atoms with Gasteiger partial charge < -0.3 is 9.47 Å². The summed E-state index contributed by atoms with van der Waals surface area (Å²) in [5.74, 6) is 0.930. The van der Waals surface area contributed by atoms with Crippen molar-refractivity contribution in [3.05, 3.63) is 29.3 Å². The predicted octanol–water partition coefficient (Wildman–Crippen LogP) is 3.29. The molecule has 4 heteroatoms. The van der Waals surface area contributed by atoms with Crippen LogP contribution in [0.3, 0.4) is 0 Å². The van der Waals surface area contributed by atoms with Crippen molar-refractivity contribution in [1.29, 1.82) is 0 Å². The van der Waals surface area contributed by atoms with Crippen molar-refractivity contribution in [2.75, 3.05) is 39.9 Å². The van der Waals surface area contributed by atoms with Gasteiger partial charge in [0.1, 0.15) is 5.75 Å². The molecule has 0 spiro atoms. The molecule has 0 unspecified atom stereocenters. The average Bonchev–Trinajstić information content (AvgIpc) is 3.09. The minimum atomic E-state index is 0.629. The monoisotopic (exact) mass is 332 g/mol. The van der Waals surface area contributed by atoms with Crippen molar-refractivity contribution in [2.24, 2.45) is 0 Å². The predicted molar refractivity (Wildman–Crippen MR) is 97.4 cm³/mol. The zero-order valence-corrected chi connectivity index (χ0v) is 15.3. The molecule has 0 aromatic heterocycles. The third-order valence-electron chi connectivity index (χ3n) is 5.37. The fourth-order valence-electron chi connectivity index (χ4n) is 4.05. The number of methoxy groups -OCH3 is 1. The maximum atomic E-state index is 5.58. The molecule has 2 fully saturated rings. The van der Waals surface area contributed by atoms with Gasteiger partial charge in [-0.05, 0) is 57.0 Å². The maximum absolute atomic E-state index is 5.58. The molecule has 134 valence electrons. The lowest BCUT2D eigenvalue weighted by atomic mass is 10.1. The van der Waals surface area contributed by atoms with Gasteiger partial charge in [0.2, 0.25) is 0 Å². The summed E-state index contributed by atoms with van der Waals surface area (Å²) in [6, 6.07) is 7.30. The Morgan fingerprint density at radius 3 is 2.71 bits per heavy atom. The van der Waals surface area contributed by atoms with Crippen molar-refractivity contribution >= 4 is 0 Å². The van der Waals surface area contributed by atoms with Gasteiger partial charge >= 0.3 is 0 Å². The summed E-state index contributed by atoms with van der Waals surface area (Å²) in [5, 5.41) is 0. The van der Waals surface area contributed by atoms with E-state index in [0.29, 0.717) is 6.61 Å². The van der Waals surface area contributed by atoms with Crippen LogP contribution in [0.5, 0.6) is 5.75 Å². The van der Waals surface area contributed by atoms with Gasteiger partial charge in [0.05, 0.1) is 13.7 Å². The molecule has 0 N–H and O–H groups in total. The molecule has 1 aromatic rings. The Kier molecular flexibility index (Phi) is 6.52. The highest BCUT2D eigenvalue weighted by atomic mass is 16.5. The highest BCUT2D eigenvalue weighted by molar-refractivity contribution is 5.37. The van der Waals surface area contributed by atoms with Gasteiger partial charge in [0.15, 0.2) is 0 Å². The summed E-state index contributed by atoms with van der Waals surface area (Å²) in [6.07, 6.45) is 5.51. The molecule has 2 aliphatic rings. The van der Waals surface area contributed by atoms with Crippen molar-refractivity contribution in [1.82, 2.24) is 9.80 Å². The number of likely N-dealkylation sites (tertiary alicyclic amines) is 2. The third-order valence-corrected chi connectivity index (χ3v) is 5.37. The van der Waals surface area contributed by atoms with E-state index in [1.165, 1.54) is 57.4 Å². The van der Waals surface area contributed by atoms with Crippen LogP contribution in [-0.4, -0.2) is 55.7 Å². The van der Waals surface area contributed by atoms with Gasteiger partial charge in [-0.25, -0.2) is 0 Å². The molecule has 0 amide bonds. The number of hydrogen-bond donors (Lipinski definition) is 0. The number of benzene rings is 1. The quantitative estimate of drug-likeness (QED) is 0.765. The molecule has 0 saturated carbocycles. The molecule has 1 atom stereocenters. The number of rotatable bonds is 7. The molecule has 2 aliphatic heterocycles. The van der Waals surface area contributed by atoms with E-state index >= 15 is 0 Å². The van der Waals surface area contributed by atoms with Gasteiger partial charge in [-0.1, -0.05) is 12.5 Å². The topological polar surface area (TPSA) is 24.9 Å². The van der Waals surface area contributed by atoms with E-state index in [-0.39, 0.29) is 0 Å². The van der Waals surface area contributed by atoms with E-state index in [2.05, 4.69) is 28.0 Å². The standard InChI is InChI=1S/C20H32N2O2/c1-3-24-16-18-13-17(7-8-20(18)23-2)14-21-12-9-19(15-21)22-10-5-4-6-11-22/h7-8,13,19H,3-6,9-12,14-16H2,1-2H3/t19-/m1/s1. The average molecular weight is 332 g/mol. The largest absolute Gasteiger partial charge is 0.496 e. The molecular formula is C20H32N2O2. The van der Waals surface area contributed by atoms with E-state index in [1.54, 1.807) is 7.11 Å². The number of nitrogens with zero attached hydrogens (tertiary/aromatic N) is 2. The second-order valence-electron chi connectivity index (χ2n) is 7.06. The second kappa shape index (κ2) is 8.84. The number of piperidine rings is 1.